The van der Waals surface area contributed by atoms with Crippen LogP contribution < -0.4 is 16.2 Å². The summed E-state index contributed by atoms with van der Waals surface area (Å²) in [4.78, 5) is 15.8. The molecule has 0 aromatic carbocycles. The third kappa shape index (κ3) is 2.90. The number of nitrogens with two attached hydrogens (primary N) is 1. The van der Waals surface area contributed by atoms with Crippen LogP contribution in [0.2, 0.25) is 0 Å². The van der Waals surface area contributed by atoms with E-state index in [1.54, 1.807) is 16.7 Å². The molecule has 0 aliphatic heterocycles. The van der Waals surface area contributed by atoms with Crippen molar-refractivity contribution in [1.29, 1.82) is 0 Å². The number of hydrogen-bond donors (Lipinski definition) is 2. The summed E-state index contributed by atoms with van der Waals surface area (Å²) < 4.78 is 6.61. The van der Waals surface area contributed by atoms with E-state index < -0.39 is 0 Å². The minimum absolute atomic E-state index is 0.231. The Labute approximate surface area is 114 Å². The van der Waals surface area contributed by atoms with Gasteiger partial charge in [0.25, 0.3) is 0 Å². The van der Waals surface area contributed by atoms with Gasteiger partial charge in [0.1, 0.15) is 5.03 Å². The molecule has 0 saturated carbocycles. The maximum atomic E-state index is 11.6. The number of H-pyrrole nitrogens is 1. The van der Waals surface area contributed by atoms with E-state index in [0.717, 1.165) is 6.42 Å². The molecule has 0 unspecified atom stereocenters. The molecule has 2 aromatic heterocycles. The van der Waals surface area contributed by atoms with Gasteiger partial charge < -0.3 is 10.5 Å². The molecule has 8 heteroatoms. The number of aromatic nitrogens is 4. The van der Waals surface area contributed by atoms with Crippen LogP contribution in [0.3, 0.4) is 0 Å². The predicted molar refractivity (Wildman–Crippen MR) is 72.5 cm³/mol. The number of ether oxygens (including phenoxy) is 1. The predicted octanol–water partition coefficient (Wildman–Crippen LogP) is 1.12. The van der Waals surface area contributed by atoms with Crippen LogP contribution in [0.5, 0.6) is 5.88 Å². The van der Waals surface area contributed by atoms with Crippen LogP contribution in [0.4, 0.5) is 5.69 Å². The molecule has 0 aliphatic carbocycles. The first-order valence-corrected chi connectivity index (χ1v) is 6.61. The van der Waals surface area contributed by atoms with Crippen molar-refractivity contribution in [3.8, 4) is 5.88 Å². The van der Waals surface area contributed by atoms with Crippen molar-refractivity contribution in [1.82, 2.24) is 19.7 Å². The summed E-state index contributed by atoms with van der Waals surface area (Å²) in [5.74, 6) is 0.469. The molecule has 2 heterocycles. The zero-order valence-corrected chi connectivity index (χ0v) is 11.5. The number of nitrogens with zero attached hydrogens (tertiary/aromatic N) is 3. The van der Waals surface area contributed by atoms with E-state index in [2.05, 4.69) is 15.2 Å². The lowest BCUT2D eigenvalue weighted by atomic mass is 10.4. The Morgan fingerprint density at radius 3 is 3.00 bits per heavy atom. The van der Waals surface area contributed by atoms with E-state index in [-0.39, 0.29) is 5.69 Å². The maximum Gasteiger partial charge on any atom is 0.343 e. The fourth-order valence-electron chi connectivity index (χ4n) is 1.52. The smallest absolute Gasteiger partial charge is 0.343 e. The highest BCUT2D eigenvalue weighted by Gasteiger charge is 2.13. The number of rotatable bonds is 5. The first kappa shape index (κ1) is 13.5. The van der Waals surface area contributed by atoms with Crippen LogP contribution in [-0.4, -0.2) is 26.9 Å². The van der Waals surface area contributed by atoms with E-state index in [1.165, 1.54) is 18.9 Å². The van der Waals surface area contributed by atoms with Gasteiger partial charge in [-0.2, -0.15) is 0 Å². The van der Waals surface area contributed by atoms with Gasteiger partial charge in [-0.1, -0.05) is 6.92 Å². The van der Waals surface area contributed by atoms with Crippen LogP contribution in [0, 0.1) is 0 Å². The van der Waals surface area contributed by atoms with Crippen LogP contribution in [0.1, 0.15) is 13.3 Å². The molecule has 7 nitrogen and oxygen atoms in total. The van der Waals surface area contributed by atoms with E-state index >= 15 is 0 Å². The number of nitrogen functional groups attached to an aromatic ring is 1. The molecule has 3 N–H and O–H groups in total. The summed E-state index contributed by atoms with van der Waals surface area (Å²) in [6, 6.07) is 3.39. The number of pyridine rings is 1. The van der Waals surface area contributed by atoms with Gasteiger partial charge in [0.2, 0.25) is 5.88 Å². The van der Waals surface area contributed by atoms with Gasteiger partial charge >= 0.3 is 5.69 Å². The lowest BCUT2D eigenvalue weighted by Crippen LogP contribution is -2.17. The lowest BCUT2D eigenvalue weighted by Gasteiger charge is -2.06. The van der Waals surface area contributed by atoms with E-state index in [0.29, 0.717) is 28.3 Å². The number of anilines is 1. The second kappa shape index (κ2) is 5.79. The molecule has 0 atom stereocenters. The molecule has 0 fully saturated rings. The Morgan fingerprint density at radius 2 is 2.32 bits per heavy atom. The highest BCUT2D eigenvalue weighted by Crippen LogP contribution is 2.30. The summed E-state index contributed by atoms with van der Waals surface area (Å²) in [7, 11) is 1.54. The average Bonchev–Trinajstić information content (AvgIpc) is 2.74. The summed E-state index contributed by atoms with van der Waals surface area (Å²) >= 11 is 1.24. The van der Waals surface area contributed by atoms with Crippen LogP contribution in [-0.2, 0) is 6.54 Å². The van der Waals surface area contributed by atoms with Gasteiger partial charge in [-0.25, -0.2) is 14.9 Å². The van der Waals surface area contributed by atoms with Crippen molar-refractivity contribution in [2.75, 3.05) is 12.8 Å². The van der Waals surface area contributed by atoms with Gasteiger partial charge in [-0.15, -0.1) is 5.10 Å². The highest BCUT2D eigenvalue weighted by molar-refractivity contribution is 7.99. The number of methoxy groups -OCH3 is 1. The molecular weight excluding hydrogens is 266 g/mol. The van der Waals surface area contributed by atoms with Crippen LogP contribution >= 0.6 is 11.8 Å². The van der Waals surface area contributed by atoms with Crippen molar-refractivity contribution in [3.63, 3.8) is 0 Å². The first-order valence-electron chi connectivity index (χ1n) is 5.79. The fourth-order valence-corrected chi connectivity index (χ4v) is 2.39. The molecule has 0 spiro atoms. The van der Waals surface area contributed by atoms with Gasteiger partial charge in [-0.05, 0) is 24.2 Å². The first-order chi connectivity index (χ1) is 9.15. The number of hydrogen-bond acceptors (Lipinski definition) is 6. The lowest BCUT2D eigenvalue weighted by molar-refractivity contribution is 0.395. The Morgan fingerprint density at radius 1 is 1.53 bits per heavy atom. The molecule has 0 amide bonds. The van der Waals surface area contributed by atoms with Crippen molar-refractivity contribution >= 4 is 17.4 Å². The summed E-state index contributed by atoms with van der Waals surface area (Å²) in [6.07, 6.45) is 0.841. The van der Waals surface area contributed by atoms with E-state index in [9.17, 15) is 4.79 Å². The Hall–Kier alpha value is -1.96. The Balaban J connectivity index is 2.33. The third-order valence-electron chi connectivity index (χ3n) is 2.43. The largest absolute Gasteiger partial charge is 0.481 e. The van der Waals surface area contributed by atoms with Crippen LogP contribution in [0.25, 0.3) is 0 Å². The monoisotopic (exact) mass is 281 g/mol. The zero-order valence-electron chi connectivity index (χ0n) is 10.7. The zero-order chi connectivity index (χ0) is 13.8. The van der Waals surface area contributed by atoms with Crippen molar-refractivity contribution < 1.29 is 4.74 Å². The number of aromatic amines is 1. The normalized spacial score (nSPS) is 10.6. The molecule has 19 heavy (non-hydrogen) atoms. The summed E-state index contributed by atoms with van der Waals surface area (Å²) in [5, 5.41) is 7.51. The minimum Gasteiger partial charge on any atom is -0.481 e. The molecule has 0 radical (unpaired) electrons. The Kier molecular flexibility index (Phi) is 4.10. The maximum absolute atomic E-state index is 11.6. The molecule has 2 aromatic rings. The molecule has 102 valence electrons. The highest BCUT2D eigenvalue weighted by atomic mass is 32.2. The van der Waals surface area contributed by atoms with Crippen molar-refractivity contribution in [3.05, 3.63) is 22.6 Å². The minimum atomic E-state index is -0.231. The standard InChI is InChI=1S/C11H15N5O2S/c1-3-6-16-10(17)14-15-11(16)19-9-7(12)4-5-8(13-9)18-2/h4-5H,3,6,12H2,1-2H3,(H,14,17). The van der Waals surface area contributed by atoms with E-state index in [1.807, 2.05) is 6.92 Å². The summed E-state index contributed by atoms with van der Waals surface area (Å²) in [6.45, 7) is 2.59. The molecule has 0 saturated heterocycles. The molecular formula is C11H15N5O2S. The van der Waals surface area contributed by atoms with Gasteiger partial charge in [-0.3, -0.25) is 4.57 Å². The molecule has 2 rings (SSSR count). The van der Waals surface area contributed by atoms with Gasteiger partial charge in [0.15, 0.2) is 5.16 Å². The summed E-state index contributed by atoms with van der Waals surface area (Å²) in [5.41, 5.74) is 6.15. The average molecular weight is 281 g/mol. The number of nitrogens with one attached hydrogen (secondary N) is 1. The molecule has 0 aliphatic rings. The second-order valence-electron chi connectivity index (χ2n) is 3.81. The fraction of sp³-hybridized carbons (Fsp3) is 0.364. The molecule has 0 bridgehead atoms. The topological polar surface area (TPSA) is 98.8 Å². The van der Waals surface area contributed by atoms with Gasteiger partial charge in [0.05, 0.1) is 12.8 Å². The SMILES string of the molecule is CCCn1c(Sc2nc(OC)ccc2N)n[nH]c1=O. The van der Waals surface area contributed by atoms with Crippen LogP contribution in [0.15, 0.2) is 27.1 Å². The second-order valence-corrected chi connectivity index (χ2v) is 4.77. The van der Waals surface area contributed by atoms with Crippen molar-refractivity contribution in [2.24, 2.45) is 0 Å². The van der Waals surface area contributed by atoms with Crippen molar-refractivity contribution in [2.45, 2.75) is 30.1 Å². The quantitative estimate of drug-likeness (QED) is 0.852. The van der Waals surface area contributed by atoms with Gasteiger partial charge in [0, 0.05) is 12.6 Å². The third-order valence-corrected chi connectivity index (χ3v) is 3.45. The Bertz CT molecular complexity index is 622. The van der Waals surface area contributed by atoms with E-state index in [4.69, 9.17) is 10.5 Å².